The highest BCUT2D eigenvalue weighted by Crippen LogP contribution is 2.42. The maximum atomic E-state index is 9.66. The summed E-state index contributed by atoms with van der Waals surface area (Å²) in [5.41, 5.74) is 8.02. The van der Waals surface area contributed by atoms with E-state index < -0.39 is 7.12 Å². The number of benzene rings is 6. The van der Waals surface area contributed by atoms with Crippen LogP contribution in [0.3, 0.4) is 0 Å². The third-order valence-electron chi connectivity index (χ3n) is 6.91. The molecule has 0 aliphatic heterocycles. The predicted molar refractivity (Wildman–Crippen MR) is 159 cm³/mol. The standard InChI is InChI=1S/C34H26BNO2/c37-35(38)28-19-23-30(24-20-28)36(29-21-17-26(18-22-29)25-9-2-1-3-10-25)34-16-7-6-14-33(34)32-15-8-12-27-11-4-5-13-31(27)32/h1-24,37-38H. The molecule has 0 aliphatic carbocycles. The Hall–Kier alpha value is -4.64. The van der Waals surface area contributed by atoms with Gasteiger partial charge in [0.15, 0.2) is 0 Å². The number of fused-ring (bicyclic) bond motifs is 1. The Bertz CT molecular complexity index is 1680. The first-order chi connectivity index (χ1) is 18.7. The van der Waals surface area contributed by atoms with Crippen molar-refractivity contribution in [3.8, 4) is 22.3 Å². The minimum absolute atomic E-state index is 0.454. The topological polar surface area (TPSA) is 43.7 Å². The van der Waals surface area contributed by atoms with E-state index >= 15 is 0 Å². The van der Waals surface area contributed by atoms with E-state index in [-0.39, 0.29) is 0 Å². The molecule has 0 amide bonds. The molecule has 0 bridgehead atoms. The lowest BCUT2D eigenvalue weighted by Crippen LogP contribution is -2.29. The molecule has 0 unspecified atom stereocenters. The fourth-order valence-electron chi connectivity index (χ4n) is 5.01. The van der Waals surface area contributed by atoms with Gasteiger partial charge in [0.2, 0.25) is 0 Å². The van der Waals surface area contributed by atoms with Crippen LogP contribution in [0.2, 0.25) is 0 Å². The van der Waals surface area contributed by atoms with Crippen LogP contribution >= 0.6 is 0 Å². The number of para-hydroxylation sites is 1. The SMILES string of the molecule is OB(O)c1ccc(N(c2ccc(-c3ccccc3)cc2)c2ccccc2-c2cccc3ccccc23)cc1. The van der Waals surface area contributed by atoms with Gasteiger partial charge in [0.05, 0.1) is 5.69 Å². The Kier molecular flexibility index (Phi) is 6.49. The van der Waals surface area contributed by atoms with Crippen LogP contribution in [0.1, 0.15) is 0 Å². The third kappa shape index (κ3) is 4.59. The van der Waals surface area contributed by atoms with E-state index in [1.54, 1.807) is 12.1 Å². The lowest BCUT2D eigenvalue weighted by Gasteiger charge is -2.28. The normalized spacial score (nSPS) is 10.9. The summed E-state index contributed by atoms with van der Waals surface area (Å²) in [4.78, 5) is 2.22. The molecule has 0 radical (unpaired) electrons. The smallest absolute Gasteiger partial charge is 0.423 e. The summed E-state index contributed by atoms with van der Waals surface area (Å²) < 4.78 is 0. The van der Waals surface area contributed by atoms with Gasteiger partial charge in [0, 0.05) is 16.9 Å². The van der Waals surface area contributed by atoms with Crippen LogP contribution in [0.4, 0.5) is 17.1 Å². The summed E-state index contributed by atoms with van der Waals surface area (Å²) in [5.74, 6) is 0. The third-order valence-corrected chi connectivity index (χ3v) is 6.91. The zero-order valence-corrected chi connectivity index (χ0v) is 20.8. The van der Waals surface area contributed by atoms with Crippen molar-refractivity contribution in [2.45, 2.75) is 0 Å². The second-order valence-corrected chi connectivity index (χ2v) is 9.26. The maximum absolute atomic E-state index is 9.66. The molecule has 6 aromatic rings. The number of hydrogen-bond donors (Lipinski definition) is 2. The second kappa shape index (κ2) is 10.4. The highest BCUT2D eigenvalue weighted by atomic mass is 16.4. The minimum Gasteiger partial charge on any atom is -0.423 e. The monoisotopic (exact) mass is 491 g/mol. The molecule has 2 N–H and O–H groups in total. The van der Waals surface area contributed by atoms with Gasteiger partial charge in [-0.1, -0.05) is 115 Å². The van der Waals surface area contributed by atoms with Crippen molar-refractivity contribution >= 4 is 40.4 Å². The van der Waals surface area contributed by atoms with Crippen LogP contribution in [0, 0.1) is 0 Å². The van der Waals surface area contributed by atoms with E-state index in [0.29, 0.717) is 5.46 Å². The number of anilines is 3. The lowest BCUT2D eigenvalue weighted by atomic mass is 9.80. The maximum Gasteiger partial charge on any atom is 0.488 e. The van der Waals surface area contributed by atoms with Gasteiger partial charge in [-0.15, -0.1) is 0 Å². The summed E-state index contributed by atoms with van der Waals surface area (Å²) in [5, 5.41) is 21.7. The molecule has 6 aromatic carbocycles. The summed E-state index contributed by atoms with van der Waals surface area (Å²) in [7, 11) is -1.51. The van der Waals surface area contributed by atoms with Gasteiger partial charge in [-0.05, 0) is 63.3 Å². The first-order valence-electron chi connectivity index (χ1n) is 12.7. The fraction of sp³-hybridized carbons (Fsp3) is 0. The highest BCUT2D eigenvalue weighted by molar-refractivity contribution is 6.58. The van der Waals surface area contributed by atoms with E-state index in [0.717, 1.165) is 33.8 Å². The molecule has 0 saturated carbocycles. The Labute approximate surface area is 223 Å². The zero-order chi connectivity index (χ0) is 25.9. The molecule has 0 aromatic heterocycles. The molecule has 0 fully saturated rings. The van der Waals surface area contributed by atoms with Crippen molar-refractivity contribution in [1.29, 1.82) is 0 Å². The minimum atomic E-state index is -1.51. The molecule has 0 spiro atoms. The molecule has 0 atom stereocenters. The fourth-order valence-corrected chi connectivity index (χ4v) is 5.01. The van der Waals surface area contributed by atoms with Crippen molar-refractivity contribution in [3.63, 3.8) is 0 Å². The number of nitrogens with zero attached hydrogens (tertiary/aromatic N) is 1. The van der Waals surface area contributed by atoms with Crippen molar-refractivity contribution in [3.05, 3.63) is 146 Å². The first-order valence-corrected chi connectivity index (χ1v) is 12.7. The number of rotatable bonds is 6. The first kappa shape index (κ1) is 23.7. The average molecular weight is 491 g/mol. The van der Waals surface area contributed by atoms with Crippen molar-refractivity contribution < 1.29 is 10.0 Å². The summed E-state index contributed by atoms with van der Waals surface area (Å²) in [6.07, 6.45) is 0. The Morgan fingerprint density at radius 3 is 1.74 bits per heavy atom. The summed E-state index contributed by atoms with van der Waals surface area (Å²) in [6.45, 7) is 0. The Morgan fingerprint density at radius 1 is 0.447 bits per heavy atom. The van der Waals surface area contributed by atoms with Gasteiger partial charge in [-0.25, -0.2) is 0 Å². The van der Waals surface area contributed by atoms with Gasteiger partial charge in [0.1, 0.15) is 0 Å². The average Bonchev–Trinajstić information content (AvgIpc) is 2.98. The molecule has 0 heterocycles. The van der Waals surface area contributed by atoms with Gasteiger partial charge in [-0.2, -0.15) is 0 Å². The highest BCUT2D eigenvalue weighted by Gasteiger charge is 2.19. The lowest BCUT2D eigenvalue weighted by molar-refractivity contribution is 0.426. The van der Waals surface area contributed by atoms with Gasteiger partial charge in [0.25, 0.3) is 0 Å². The van der Waals surface area contributed by atoms with E-state index in [1.807, 2.05) is 30.3 Å². The molecular weight excluding hydrogens is 465 g/mol. The molecule has 182 valence electrons. The molecule has 38 heavy (non-hydrogen) atoms. The summed E-state index contributed by atoms with van der Waals surface area (Å²) in [6, 6.07) is 49.6. The molecule has 4 heteroatoms. The second-order valence-electron chi connectivity index (χ2n) is 9.26. The van der Waals surface area contributed by atoms with E-state index in [9.17, 15) is 10.0 Å². The van der Waals surface area contributed by atoms with Crippen molar-refractivity contribution in [2.24, 2.45) is 0 Å². The molecule has 3 nitrogen and oxygen atoms in total. The quantitative estimate of drug-likeness (QED) is 0.240. The molecule has 6 rings (SSSR count). The molecule has 0 saturated heterocycles. The van der Waals surface area contributed by atoms with Crippen LogP contribution in [0.15, 0.2) is 146 Å². The van der Waals surface area contributed by atoms with Gasteiger partial charge >= 0.3 is 7.12 Å². The number of hydrogen-bond acceptors (Lipinski definition) is 3. The largest absolute Gasteiger partial charge is 0.488 e. The van der Waals surface area contributed by atoms with Crippen LogP contribution < -0.4 is 10.4 Å². The van der Waals surface area contributed by atoms with Crippen LogP contribution in [0.5, 0.6) is 0 Å². The van der Waals surface area contributed by atoms with Crippen molar-refractivity contribution in [2.75, 3.05) is 4.90 Å². The predicted octanol–water partition coefficient (Wildman–Crippen LogP) is 7.32. The van der Waals surface area contributed by atoms with Crippen LogP contribution in [-0.2, 0) is 0 Å². The van der Waals surface area contributed by atoms with Crippen LogP contribution in [-0.4, -0.2) is 17.2 Å². The van der Waals surface area contributed by atoms with Gasteiger partial charge < -0.3 is 14.9 Å². The van der Waals surface area contributed by atoms with Gasteiger partial charge in [-0.3, -0.25) is 0 Å². The van der Waals surface area contributed by atoms with Crippen molar-refractivity contribution in [1.82, 2.24) is 0 Å². The van der Waals surface area contributed by atoms with E-state index in [2.05, 4.69) is 108 Å². The zero-order valence-electron chi connectivity index (χ0n) is 20.8. The molecular formula is C34H26BNO2. The Morgan fingerprint density at radius 2 is 1.00 bits per heavy atom. The van der Waals surface area contributed by atoms with Crippen LogP contribution in [0.25, 0.3) is 33.0 Å². The Balaban J connectivity index is 1.53. The van der Waals surface area contributed by atoms with E-state index in [4.69, 9.17) is 0 Å². The summed E-state index contributed by atoms with van der Waals surface area (Å²) >= 11 is 0. The molecule has 0 aliphatic rings. The van der Waals surface area contributed by atoms with E-state index in [1.165, 1.54) is 16.3 Å².